The van der Waals surface area contributed by atoms with Gasteiger partial charge in [0.05, 0.1) is 38.6 Å². The molecule has 0 amide bonds. The highest BCUT2D eigenvalue weighted by atomic mass is 32.1. The Morgan fingerprint density at radius 3 is 2.02 bits per heavy atom. The molecule has 13 rings (SSSR count). The summed E-state index contributed by atoms with van der Waals surface area (Å²) in [7, 11) is 0. The molecule has 0 atom stereocenters. The van der Waals surface area contributed by atoms with Crippen molar-refractivity contribution in [1.29, 1.82) is 0 Å². The lowest BCUT2D eigenvalue weighted by molar-refractivity contribution is 1.08. The molecule has 5 heterocycles. The molecule has 0 saturated heterocycles. The Labute approximate surface area is 305 Å². The van der Waals surface area contributed by atoms with Crippen molar-refractivity contribution in [3.05, 3.63) is 158 Å². The van der Waals surface area contributed by atoms with E-state index in [1.165, 1.54) is 69.0 Å². The molecular weight excluding hydrogens is 665 g/mol. The van der Waals surface area contributed by atoms with E-state index in [1.54, 1.807) is 0 Å². The molecule has 5 heteroatoms. The summed E-state index contributed by atoms with van der Waals surface area (Å²) in [5, 5.41) is 12.3. The van der Waals surface area contributed by atoms with Crippen LogP contribution < -0.4 is 0 Å². The van der Waals surface area contributed by atoms with Crippen LogP contribution in [0.1, 0.15) is 0 Å². The summed E-state index contributed by atoms with van der Waals surface area (Å²) in [6, 6.07) is 57.3. The van der Waals surface area contributed by atoms with Gasteiger partial charge in [-0.3, -0.25) is 4.57 Å². The third-order valence-electron chi connectivity index (χ3n) is 11.4. The quantitative estimate of drug-likeness (QED) is 0.169. The number of thiophene rings is 1. The Balaban J connectivity index is 1.22. The highest BCUT2D eigenvalue weighted by Gasteiger charge is 2.25. The van der Waals surface area contributed by atoms with Gasteiger partial charge in [0, 0.05) is 58.1 Å². The number of nitrogens with zero attached hydrogens (tertiary/aromatic N) is 4. The molecule has 13 aromatic rings. The molecule has 0 N–H and O–H groups in total. The van der Waals surface area contributed by atoms with Crippen LogP contribution in [0.25, 0.3) is 119 Å². The second-order valence-electron chi connectivity index (χ2n) is 14.1. The van der Waals surface area contributed by atoms with Crippen LogP contribution in [0.5, 0.6) is 0 Å². The third-order valence-corrected chi connectivity index (χ3v) is 12.6. The number of benzene rings is 8. The largest absolute Gasteiger partial charge is 0.308 e. The Morgan fingerprint density at radius 2 is 1.09 bits per heavy atom. The van der Waals surface area contributed by atoms with Gasteiger partial charge in [-0.15, -0.1) is 11.3 Å². The van der Waals surface area contributed by atoms with Gasteiger partial charge in [0.15, 0.2) is 5.82 Å². The number of para-hydroxylation sites is 2. The zero-order valence-electron chi connectivity index (χ0n) is 28.2. The molecule has 244 valence electrons. The maximum Gasteiger partial charge on any atom is 0.165 e. The van der Waals surface area contributed by atoms with Gasteiger partial charge in [0.25, 0.3) is 0 Å². The Kier molecular flexibility index (Phi) is 5.22. The SMILES string of the molecule is c1ccc2c(c1)ccc1nc(-n3c4cccc5c6cccc7c8ccccc8n(c8cccc3c8c54)c67)c(-c3ccc4c(c3)sc3ccccc34)nc12. The number of hydrogen-bond acceptors (Lipinski definition) is 3. The van der Waals surface area contributed by atoms with E-state index in [9.17, 15) is 0 Å². The minimum absolute atomic E-state index is 0.832. The Hall–Kier alpha value is -6.82. The van der Waals surface area contributed by atoms with E-state index in [2.05, 4.69) is 167 Å². The van der Waals surface area contributed by atoms with Gasteiger partial charge >= 0.3 is 0 Å². The molecule has 5 aromatic heterocycles. The average molecular weight is 691 g/mol. The van der Waals surface area contributed by atoms with E-state index in [-0.39, 0.29) is 0 Å². The molecule has 0 spiro atoms. The summed E-state index contributed by atoms with van der Waals surface area (Å²) in [6.45, 7) is 0. The van der Waals surface area contributed by atoms with Crippen LogP contribution in [0.2, 0.25) is 0 Å². The number of fused-ring (bicyclic) bond motifs is 11. The van der Waals surface area contributed by atoms with Crippen molar-refractivity contribution in [2.24, 2.45) is 0 Å². The highest BCUT2D eigenvalue weighted by molar-refractivity contribution is 7.25. The number of aromatic nitrogens is 4. The van der Waals surface area contributed by atoms with Crippen molar-refractivity contribution in [1.82, 2.24) is 18.9 Å². The van der Waals surface area contributed by atoms with Crippen LogP contribution in [-0.4, -0.2) is 18.9 Å². The highest BCUT2D eigenvalue weighted by Crippen LogP contribution is 2.45. The molecule has 0 saturated carbocycles. The summed E-state index contributed by atoms with van der Waals surface area (Å²) >= 11 is 1.83. The molecule has 0 aliphatic carbocycles. The van der Waals surface area contributed by atoms with Gasteiger partial charge in [-0.1, -0.05) is 115 Å². The summed E-state index contributed by atoms with van der Waals surface area (Å²) in [5.41, 5.74) is 9.60. The normalized spacial score (nSPS) is 12.5. The van der Waals surface area contributed by atoms with Crippen molar-refractivity contribution >= 4 is 113 Å². The average Bonchev–Trinajstić information content (AvgIpc) is 3.85. The van der Waals surface area contributed by atoms with Crippen LogP contribution >= 0.6 is 11.3 Å². The van der Waals surface area contributed by atoms with Crippen LogP contribution in [0.15, 0.2) is 158 Å². The summed E-state index contributed by atoms with van der Waals surface area (Å²) in [6.07, 6.45) is 0. The molecule has 0 fully saturated rings. The maximum absolute atomic E-state index is 5.60. The molecule has 8 aromatic carbocycles. The molecule has 0 unspecified atom stereocenters. The van der Waals surface area contributed by atoms with Crippen molar-refractivity contribution in [2.45, 2.75) is 0 Å². The summed E-state index contributed by atoms with van der Waals surface area (Å²) in [4.78, 5) is 11.2. The van der Waals surface area contributed by atoms with E-state index in [0.29, 0.717) is 0 Å². The van der Waals surface area contributed by atoms with Crippen molar-refractivity contribution in [3.8, 4) is 17.1 Å². The summed E-state index contributed by atoms with van der Waals surface area (Å²) in [5.74, 6) is 0.832. The van der Waals surface area contributed by atoms with Crippen LogP contribution in [-0.2, 0) is 0 Å². The zero-order valence-corrected chi connectivity index (χ0v) is 29.0. The van der Waals surface area contributed by atoms with E-state index in [1.807, 2.05) is 11.3 Å². The molecular formula is C48H26N4S. The maximum atomic E-state index is 5.60. The lowest BCUT2D eigenvalue weighted by Gasteiger charge is -2.15. The molecule has 0 radical (unpaired) electrons. The molecule has 0 bridgehead atoms. The van der Waals surface area contributed by atoms with Crippen LogP contribution in [0.4, 0.5) is 0 Å². The van der Waals surface area contributed by atoms with Crippen molar-refractivity contribution in [2.75, 3.05) is 0 Å². The van der Waals surface area contributed by atoms with Gasteiger partial charge in [-0.25, -0.2) is 9.97 Å². The van der Waals surface area contributed by atoms with E-state index in [4.69, 9.17) is 9.97 Å². The second-order valence-corrected chi connectivity index (χ2v) is 15.2. The smallest absolute Gasteiger partial charge is 0.165 e. The minimum atomic E-state index is 0.832. The molecule has 0 aliphatic heterocycles. The van der Waals surface area contributed by atoms with Gasteiger partial charge < -0.3 is 4.40 Å². The first-order chi connectivity index (χ1) is 26.3. The van der Waals surface area contributed by atoms with Crippen molar-refractivity contribution in [3.63, 3.8) is 0 Å². The third kappa shape index (κ3) is 3.54. The Bertz CT molecular complexity index is 3700. The monoisotopic (exact) mass is 690 g/mol. The van der Waals surface area contributed by atoms with Gasteiger partial charge in [-0.2, -0.15) is 0 Å². The van der Waals surface area contributed by atoms with E-state index < -0.39 is 0 Å². The predicted octanol–water partition coefficient (Wildman–Crippen LogP) is 13.1. The van der Waals surface area contributed by atoms with E-state index >= 15 is 0 Å². The first-order valence-electron chi connectivity index (χ1n) is 18.0. The molecule has 53 heavy (non-hydrogen) atoms. The second kappa shape index (κ2) is 9.94. The fourth-order valence-electron chi connectivity index (χ4n) is 9.22. The number of hydrogen-bond donors (Lipinski definition) is 0. The first-order valence-corrected chi connectivity index (χ1v) is 18.8. The Morgan fingerprint density at radius 1 is 0.434 bits per heavy atom. The van der Waals surface area contributed by atoms with Gasteiger partial charge in [0.2, 0.25) is 0 Å². The summed E-state index contributed by atoms with van der Waals surface area (Å²) < 4.78 is 7.40. The first kappa shape index (κ1) is 27.8. The minimum Gasteiger partial charge on any atom is -0.308 e. The van der Waals surface area contributed by atoms with Crippen LogP contribution in [0, 0.1) is 0 Å². The standard InChI is InChI=1S/C48H26N4S/c1-2-11-29-27(10-1)23-25-36-46(29)50-45(28-22-24-32-31-13-4-6-21-41(31)53-42(32)26-28)48(49-36)52-38-18-8-14-33-35-16-7-15-34-30-12-3-5-17-37(30)51(47(34)35)39-19-9-20-40(52)44(39)43(33)38/h1-26H. The lowest BCUT2D eigenvalue weighted by Crippen LogP contribution is -2.04. The predicted molar refractivity (Wildman–Crippen MR) is 224 cm³/mol. The zero-order chi connectivity index (χ0) is 34.4. The fourth-order valence-corrected chi connectivity index (χ4v) is 10.4. The fraction of sp³-hybridized carbons (Fsp3) is 0. The van der Waals surface area contributed by atoms with Gasteiger partial charge in [-0.05, 0) is 53.2 Å². The van der Waals surface area contributed by atoms with E-state index in [0.717, 1.165) is 49.9 Å². The van der Waals surface area contributed by atoms with Gasteiger partial charge in [0.1, 0.15) is 5.69 Å². The lowest BCUT2D eigenvalue weighted by atomic mass is 10.0. The molecule has 4 nitrogen and oxygen atoms in total. The number of rotatable bonds is 2. The van der Waals surface area contributed by atoms with Crippen LogP contribution in [0.3, 0.4) is 0 Å². The molecule has 0 aliphatic rings. The van der Waals surface area contributed by atoms with Crippen molar-refractivity contribution < 1.29 is 0 Å². The topological polar surface area (TPSA) is 35.1 Å².